The van der Waals surface area contributed by atoms with E-state index in [1.807, 2.05) is 31.2 Å². The molecular weight excluding hydrogens is 186 g/mol. The third-order valence-electron chi connectivity index (χ3n) is 2.74. The molecule has 15 heavy (non-hydrogen) atoms. The zero-order chi connectivity index (χ0) is 11.3. The van der Waals surface area contributed by atoms with E-state index >= 15 is 0 Å². The Labute approximate surface area is 91.2 Å². The highest BCUT2D eigenvalue weighted by atomic mass is 16.3. The maximum absolute atomic E-state index is 10.1. The van der Waals surface area contributed by atoms with Gasteiger partial charge in [0.1, 0.15) is 0 Å². The van der Waals surface area contributed by atoms with Crippen LogP contribution in [0.5, 0.6) is 0 Å². The van der Waals surface area contributed by atoms with E-state index in [4.69, 9.17) is 5.26 Å². The lowest BCUT2D eigenvalue weighted by Gasteiger charge is -2.18. The Morgan fingerprint density at radius 3 is 2.53 bits per heavy atom. The highest BCUT2D eigenvalue weighted by molar-refractivity contribution is 5.30. The lowest BCUT2D eigenvalue weighted by atomic mass is 9.91. The fraction of sp³-hybridized carbons (Fsp3) is 0.462. The fourth-order valence-corrected chi connectivity index (χ4v) is 1.75. The van der Waals surface area contributed by atoms with Crippen molar-refractivity contribution in [2.75, 3.05) is 0 Å². The number of hydrogen-bond donors (Lipinski definition) is 1. The topological polar surface area (TPSA) is 44.0 Å². The van der Waals surface area contributed by atoms with Gasteiger partial charge in [0.15, 0.2) is 0 Å². The average molecular weight is 203 g/mol. The Balaban J connectivity index is 3.00. The lowest BCUT2D eigenvalue weighted by molar-refractivity contribution is 0.132. The lowest BCUT2D eigenvalue weighted by Crippen LogP contribution is -2.11. The maximum atomic E-state index is 10.1. The van der Waals surface area contributed by atoms with Crippen molar-refractivity contribution in [3.05, 3.63) is 35.4 Å². The first-order chi connectivity index (χ1) is 7.24. The number of rotatable bonds is 4. The Morgan fingerprint density at radius 2 is 2.00 bits per heavy atom. The van der Waals surface area contributed by atoms with Crippen molar-refractivity contribution in [3.63, 3.8) is 0 Å². The van der Waals surface area contributed by atoms with Gasteiger partial charge in [-0.3, -0.25) is 0 Å². The van der Waals surface area contributed by atoms with Crippen molar-refractivity contribution in [2.45, 2.75) is 32.8 Å². The normalized spacial score (nSPS) is 14.3. The molecule has 0 radical (unpaired) electrons. The van der Waals surface area contributed by atoms with Gasteiger partial charge in [-0.15, -0.1) is 0 Å². The standard InChI is InChI=1S/C13H17NO/c1-3-10-7-5-6-8-12(10)13(15)11(4-2)9-14/h5-8,11,13,15H,3-4H2,1-2H3. The van der Waals surface area contributed by atoms with Gasteiger partial charge in [-0.25, -0.2) is 0 Å². The quantitative estimate of drug-likeness (QED) is 0.817. The molecule has 2 nitrogen and oxygen atoms in total. The summed E-state index contributed by atoms with van der Waals surface area (Å²) >= 11 is 0. The second-order valence-corrected chi connectivity index (χ2v) is 3.64. The summed E-state index contributed by atoms with van der Waals surface area (Å²) in [7, 11) is 0. The summed E-state index contributed by atoms with van der Waals surface area (Å²) in [6.07, 6.45) is 0.904. The van der Waals surface area contributed by atoms with E-state index in [0.717, 1.165) is 17.5 Å². The van der Waals surface area contributed by atoms with Crippen molar-refractivity contribution in [2.24, 2.45) is 5.92 Å². The van der Waals surface area contributed by atoms with Crippen LogP contribution in [0.25, 0.3) is 0 Å². The molecule has 1 N–H and O–H groups in total. The predicted molar refractivity (Wildman–Crippen MR) is 60.2 cm³/mol. The Morgan fingerprint density at radius 1 is 1.33 bits per heavy atom. The smallest absolute Gasteiger partial charge is 0.0950 e. The minimum absolute atomic E-state index is 0.308. The number of nitriles is 1. The minimum atomic E-state index is -0.656. The van der Waals surface area contributed by atoms with Gasteiger partial charge >= 0.3 is 0 Å². The van der Waals surface area contributed by atoms with Crippen molar-refractivity contribution in [1.29, 1.82) is 5.26 Å². The molecule has 2 atom stereocenters. The van der Waals surface area contributed by atoms with E-state index in [1.54, 1.807) is 0 Å². The first kappa shape index (κ1) is 11.7. The third-order valence-corrected chi connectivity index (χ3v) is 2.74. The number of benzene rings is 1. The summed E-state index contributed by atoms with van der Waals surface area (Å²) < 4.78 is 0. The van der Waals surface area contributed by atoms with E-state index in [0.29, 0.717) is 6.42 Å². The number of aryl methyl sites for hydroxylation is 1. The van der Waals surface area contributed by atoms with Gasteiger partial charge in [-0.05, 0) is 24.0 Å². The Bertz CT molecular complexity index is 354. The highest BCUT2D eigenvalue weighted by Crippen LogP contribution is 2.26. The molecule has 0 amide bonds. The number of aliphatic hydroxyl groups is 1. The van der Waals surface area contributed by atoms with Crippen LogP contribution in [0.2, 0.25) is 0 Å². The summed E-state index contributed by atoms with van der Waals surface area (Å²) in [5.74, 6) is -0.308. The largest absolute Gasteiger partial charge is 0.387 e. The molecule has 0 aliphatic carbocycles. The van der Waals surface area contributed by atoms with Gasteiger partial charge in [0.2, 0.25) is 0 Å². The molecule has 0 aliphatic heterocycles. The second kappa shape index (κ2) is 5.53. The summed E-state index contributed by atoms with van der Waals surface area (Å²) in [6.45, 7) is 3.98. The minimum Gasteiger partial charge on any atom is -0.387 e. The van der Waals surface area contributed by atoms with E-state index in [1.165, 1.54) is 0 Å². The SMILES string of the molecule is CCc1ccccc1C(O)C(C#N)CC. The van der Waals surface area contributed by atoms with Crippen LogP contribution in [0.15, 0.2) is 24.3 Å². The zero-order valence-electron chi connectivity index (χ0n) is 9.27. The summed E-state index contributed by atoms with van der Waals surface area (Å²) in [5.41, 5.74) is 2.02. The summed E-state index contributed by atoms with van der Waals surface area (Å²) in [6, 6.07) is 9.93. The average Bonchev–Trinajstić information content (AvgIpc) is 2.30. The van der Waals surface area contributed by atoms with E-state index in [9.17, 15) is 5.11 Å². The van der Waals surface area contributed by atoms with Crippen LogP contribution in [0.3, 0.4) is 0 Å². The molecule has 2 unspecified atom stereocenters. The van der Waals surface area contributed by atoms with Crippen molar-refractivity contribution >= 4 is 0 Å². The predicted octanol–water partition coefficient (Wildman–Crippen LogP) is 2.83. The van der Waals surface area contributed by atoms with Crippen LogP contribution in [-0.4, -0.2) is 5.11 Å². The molecule has 0 aromatic heterocycles. The molecule has 0 heterocycles. The molecule has 1 aromatic carbocycles. The molecule has 0 aliphatic rings. The monoisotopic (exact) mass is 203 g/mol. The molecule has 0 saturated heterocycles. The first-order valence-corrected chi connectivity index (χ1v) is 5.40. The van der Waals surface area contributed by atoms with Crippen molar-refractivity contribution < 1.29 is 5.11 Å². The molecule has 0 saturated carbocycles. The molecule has 0 fully saturated rings. The van der Waals surface area contributed by atoms with Crippen LogP contribution >= 0.6 is 0 Å². The first-order valence-electron chi connectivity index (χ1n) is 5.40. The van der Waals surface area contributed by atoms with Crippen molar-refractivity contribution in [3.8, 4) is 6.07 Å². The Hall–Kier alpha value is -1.33. The number of nitrogens with zero attached hydrogens (tertiary/aromatic N) is 1. The van der Waals surface area contributed by atoms with Crippen molar-refractivity contribution in [1.82, 2.24) is 0 Å². The Kier molecular flexibility index (Phi) is 4.33. The second-order valence-electron chi connectivity index (χ2n) is 3.64. The fourth-order valence-electron chi connectivity index (χ4n) is 1.75. The number of hydrogen-bond acceptors (Lipinski definition) is 2. The van der Waals surface area contributed by atoms with E-state index in [2.05, 4.69) is 13.0 Å². The molecule has 2 heteroatoms. The van der Waals surface area contributed by atoms with Gasteiger partial charge < -0.3 is 5.11 Å². The molecule has 1 aromatic rings. The van der Waals surface area contributed by atoms with Gasteiger partial charge in [-0.2, -0.15) is 5.26 Å². The summed E-state index contributed by atoms with van der Waals surface area (Å²) in [5, 5.41) is 19.0. The van der Waals surface area contributed by atoms with Gasteiger partial charge in [-0.1, -0.05) is 38.1 Å². The maximum Gasteiger partial charge on any atom is 0.0950 e. The van der Waals surface area contributed by atoms with E-state index < -0.39 is 6.10 Å². The van der Waals surface area contributed by atoms with Crippen LogP contribution in [0.1, 0.15) is 37.5 Å². The zero-order valence-corrected chi connectivity index (χ0v) is 9.27. The molecule has 0 bridgehead atoms. The van der Waals surface area contributed by atoms with Gasteiger partial charge in [0.25, 0.3) is 0 Å². The van der Waals surface area contributed by atoms with Crippen LogP contribution < -0.4 is 0 Å². The van der Waals surface area contributed by atoms with Gasteiger partial charge in [0.05, 0.1) is 18.1 Å². The number of aliphatic hydroxyl groups excluding tert-OH is 1. The summed E-state index contributed by atoms with van der Waals surface area (Å²) in [4.78, 5) is 0. The molecule has 80 valence electrons. The molecular formula is C13H17NO. The van der Waals surface area contributed by atoms with E-state index in [-0.39, 0.29) is 5.92 Å². The van der Waals surface area contributed by atoms with Crippen LogP contribution in [-0.2, 0) is 6.42 Å². The van der Waals surface area contributed by atoms with Crippen LogP contribution in [0, 0.1) is 17.2 Å². The highest BCUT2D eigenvalue weighted by Gasteiger charge is 2.20. The van der Waals surface area contributed by atoms with Gasteiger partial charge in [0, 0.05) is 0 Å². The molecule has 0 spiro atoms. The van der Waals surface area contributed by atoms with Crippen LogP contribution in [0.4, 0.5) is 0 Å². The third kappa shape index (κ3) is 2.57. The molecule has 1 rings (SSSR count).